The minimum atomic E-state index is -0.840. The first kappa shape index (κ1) is 18.9. The van der Waals surface area contributed by atoms with Gasteiger partial charge in [-0.05, 0) is 37.1 Å². The summed E-state index contributed by atoms with van der Waals surface area (Å²) in [7, 11) is 0. The molecule has 1 aromatic heterocycles. The molecule has 138 valence electrons. The van der Waals surface area contributed by atoms with E-state index in [0.717, 1.165) is 19.3 Å². The third-order valence-electron chi connectivity index (χ3n) is 4.37. The van der Waals surface area contributed by atoms with Crippen LogP contribution < -0.4 is 10.1 Å². The van der Waals surface area contributed by atoms with E-state index < -0.39 is 5.60 Å². The van der Waals surface area contributed by atoms with E-state index in [4.69, 9.17) is 27.9 Å². The average molecular weight is 396 g/mol. The fraction of sp³-hybridized carbons (Fsp3) is 0.389. The van der Waals surface area contributed by atoms with Gasteiger partial charge >= 0.3 is 0 Å². The summed E-state index contributed by atoms with van der Waals surface area (Å²) in [5.74, 6) is 0.286. The maximum absolute atomic E-state index is 12.5. The number of hydrogen-bond acceptors (Lipinski definition) is 5. The zero-order valence-corrected chi connectivity index (χ0v) is 15.6. The number of aliphatic hydroxyl groups is 1. The number of carbonyl (C=O) groups excluding carboxylic acids is 1. The van der Waals surface area contributed by atoms with Crippen LogP contribution in [0.3, 0.4) is 0 Å². The zero-order chi connectivity index (χ0) is 18.6. The van der Waals surface area contributed by atoms with Gasteiger partial charge in [-0.25, -0.2) is 0 Å². The second kappa shape index (κ2) is 8.20. The van der Waals surface area contributed by atoms with E-state index in [2.05, 4.69) is 15.5 Å². The highest BCUT2D eigenvalue weighted by Crippen LogP contribution is 2.28. The van der Waals surface area contributed by atoms with Gasteiger partial charge in [0.25, 0.3) is 5.91 Å². The van der Waals surface area contributed by atoms with Gasteiger partial charge in [0.05, 0.1) is 16.2 Å². The van der Waals surface area contributed by atoms with Crippen LogP contribution in [-0.4, -0.2) is 33.4 Å². The SMILES string of the molecule is O=C(NCC1(O)CCCCC1)c1cc(Oc2ccc(Cl)nn2)ccc1Cl. The van der Waals surface area contributed by atoms with Crippen molar-refractivity contribution in [2.45, 2.75) is 37.7 Å². The monoisotopic (exact) mass is 395 g/mol. The summed E-state index contributed by atoms with van der Waals surface area (Å²) in [6.07, 6.45) is 4.45. The van der Waals surface area contributed by atoms with Crippen LogP contribution in [0.15, 0.2) is 30.3 Å². The quantitative estimate of drug-likeness (QED) is 0.798. The van der Waals surface area contributed by atoms with E-state index in [1.807, 2.05) is 0 Å². The van der Waals surface area contributed by atoms with Crippen LogP contribution in [0.4, 0.5) is 0 Å². The summed E-state index contributed by atoms with van der Waals surface area (Å²) >= 11 is 11.8. The van der Waals surface area contributed by atoms with Gasteiger partial charge in [-0.1, -0.05) is 42.5 Å². The number of benzene rings is 1. The minimum absolute atomic E-state index is 0.204. The summed E-state index contributed by atoms with van der Waals surface area (Å²) in [5.41, 5.74) is -0.571. The molecule has 1 fully saturated rings. The molecule has 1 aliphatic rings. The number of nitrogens with zero attached hydrogens (tertiary/aromatic N) is 2. The van der Waals surface area contributed by atoms with E-state index in [0.29, 0.717) is 23.6 Å². The number of nitrogens with one attached hydrogen (secondary N) is 1. The summed E-state index contributed by atoms with van der Waals surface area (Å²) in [6.45, 7) is 0.204. The van der Waals surface area contributed by atoms with Crippen molar-refractivity contribution < 1.29 is 14.6 Å². The van der Waals surface area contributed by atoms with Crippen molar-refractivity contribution in [2.24, 2.45) is 0 Å². The van der Waals surface area contributed by atoms with Crippen LogP contribution in [-0.2, 0) is 0 Å². The first-order valence-electron chi connectivity index (χ1n) is 8.42. The highest BCUT2D eigenvalue weighted by molar-refractivity contribution is 6.33. The fourth-order valence-corrected chi connectivity index (χ4v) is 3.25. The molecule has 6 nitrogen and oxygen atoms in total. The summed E-state index contributed by atoms with van der Waals surface area (Å²) in [5, 5.41) is 21.3. The molecule has 0 aliphatic heterocycles. The highest BCUT2D eigenvalue weighted by Gasteiger charge is 2.29. The molecule has 1 aliphatic carbocycles. The number of carbonyl (C=O) groups is 1. The van der Waals surface area contributed by atoms with Crippen molar-refractivity contribution >= 4 is 29.1 Å². The standard InChI is InChI=1S/C18H19Cl2N3O3/c19-14-5-4-12(26-16-7-6-15(20)22-23-16)10-13(14)17(24)21-11-18(25)8-2-1-3-9-18/h4-7,10,25H,1-3,8-9,11H2,(H,21,24). The molecule has 26 heavy (non-hydrogen) atoms. The topological polar surface area (TPSA) is 84.3 Å². The predicted molar refractivity (Wildman–Crippen MR) is 98.9 cm³/mol. The van der Waals surface area contributed by atoms with Crippen LogP contribution in [0.5, 0.6) is 11.6 Å². The zero-order valence-electron chi connectivity index (χ0n) is 14.0. The molecular weight excluding hydrogens is 377 g/mol. The number of rotatable bonds is 5. The Morgan fingerprint density at radius 1 is 1.15 bits per heavy atom. The van der Waals surface area contributed by atoms with Gasteiger partial charge in [-0.3, -0.25) is 4.79 Å². The van der Waals surface area contributed by atoms with Crippen molar-refractivity contribution in [1.29, 1.82) is 0 Å². The number of ether oxygens (including phenoxy) is 1. The van der Waals surface area contributed by atoms with Gasteiger partial charge in [-0.15, -0.1) is 10.2 Å². The van der Waals surface area contributed by atoms with Crippen molar-refractivity contribution in [2.75, 3.05) is 6.54 Å². The lowest BCUT2D eigenvalue weighted by Crippen LogP contribution is -2.44. The van der Waals surface area contributed by atoms with E-state index in [9.17, 15) is 9.90 Å². The molecule has 3 rings (SSSR count). The first-order valence-corrected chi connectivity index (χ1v) is 9.18. The molecule has 1 heterocycles. The van der Waals surface area contributed by atoms with E-state index in [-0.39, 0.29) is 29.0 Å². The minimum Gasteiger partial charge on any atom is -0.437 e. The van der Waals surface area contributed by atoms with Gasteiger partial charge in [0.2, 0.25) is 5.88 Å². The Balaban J connectivity index is 1.68. The molecule has 2 aromatic rings. The molecule has 1 saturated carbocycles. The Kier molecular flexibility index (Phi) is 5.96. The molecule has 0 unspecified atom stereocenters. The van der Waals surface area contributed by atoms with Gasteiger partial charge < -0.3 is 15.2 Å². The van der Waals surface area contributed by atoms with Crippen molar-refractivity contribution in [3.63, 3.8) is 0 Å². The van der Waals surface area contributed by atoms with E-state index in [1.54, 1.807) is 24.3 Å². The lowest BCUT2D eigenvalue weighted by atomic mass is 9.85. The van der Waals surface area contributed by atoms with Gasteiger partial charge in [0, 0.05) is 12.6 Å². The molecule has 1 aromatic carbocycles. The molecular formula is C18H19Cl2N3O3. The molecule has 0 atom stereocenters. The summed E-state index contributed by atoms with van der Waals surface area (Å²) < 4.78 is 5.57. The predicted octanol–water partition coefficient (Wildman–Crippen LogP) is 4.00. The van der Waals surface area contributed by atoms with E-state index >= 15 is 0 Å². The maximum Gasteiger partial charge on any atom is 0.253 e. The highest BCUT2D eigenvalue weighted by atomic mass is 35.5. The molecule has 0 spiro atoms. The third kappa shape index (κ3) is 4.84. The normalized spacial score (nSPS) is 16.1. The van der Waals surface area contributed by atoms with Gasteiger partial charge in [-0.2, -0.15) is 0 Å². The second-order valence-corrected chi connectivity index (χ2v) is 7.20. The second-order valence-electron chi connectivity index (χ2n) is 6.41. The first-order chi connectivity index (χ1) is 12.5. The van der Waals surface area contributed by atoms with Crippen LogP contribution in [0.25, 0.3) is 0 Å². The number of halogens is 2. The van der Waals surface area contributed by atoms with Crippen LogP contribution in [0, 0.1) is 0 Å². The number of hydrogen-bond donors (Lipinski definition) is 2. The summed E-state index contributed by atoms with van der Waals surface area (Å²) in [6, 6.07) is 7.86. The average Bonchev–Trinajstić information content (AvgIpc) is 2.64. The van der Waals surface area contributed by atoms with Crippen LogP contribution in [0.2, 0.25) is 10.2 Å². The van der Waals surface area contributed by atoms with Crippen LogP contribution in [0.1, 0.15) is 42.5 Å². The Bertz CT molecular complexity index is 778. The molecule has 0 saturated heterocycles. The fourth-order valence-electron chi connectivity index (χ4n) is 2.95. The molecule has 2 N–H and O–H groups in total. The Morgan fingerprint density at radius 2 is 1.92 bits per heavy atom. The smallest absolute Gasteiger partial charge is 0.253 e. The van der Waals surface area contributed by atoms with E-state index in [1.165, 1.54) is 6.07 Å². The maximum atomic E-state index is 12.5. The number of aromatic nitrogens is 2. The van der Waals surface area contributed by atoms with Crippen molar-refractivity contribution in [3.8, 4) is 11.6 Å². The number of amides is 1. The lowest BCUT2D eigenvalue weighted by molar-refractivity contribution is 0.00526. The molecule has 0 radical (unpaired) electrons. The van der Waals surface area contributed by atoms with Gasteiger partial charge in [0.1, 0.15) is 5.75 Å². The van der Waals surface area contributed by atoms with Crippen molar-refractivity contribution in [3.05, 3.63) is 46.1 Å². The molecule has 0 bridgehead atoms. The third-order valence-corrected chi connectivity index (χ3v) is 4.91. The molecule has 1 amide bonds. The largest absolute Gasteiger partial charge is 0.437 e. The van der Waals surface area contributed by atoms with Gasteiger partial charge in [0.15, 0.2) is 5.15 Å². The summed E-state index contributed by atoms with van der Waals surface area (Å²) in [4.78, 5) is 12.5. The van der Waals surface area contributed by atoms with Crippen LogP contribution >= 0.6 is 23.2 Å². The Morgan fingerprint density at radius 3 is 2.62 bits per heavy atom. The Hall–Kier alpha value is -1.89. The molecule has 8 heteroatoms. The van der Waals surface area contributed by atoms with Crippen molar-refractivity contribution in [1.82, 2.24) is 15.5 Å². The Labute approximate surface area is 161 Å². The lowest BCUT2D eigenvalue weighted by Gasteiger charge is -2.32.